The van der Waals surface area contributed by atoms with Crippen molar-refractivity contribution in [3.63, 3.8) is 0 Å². The van der Waals surface area contributed by atoms with Crippen LogP contribution in [0.2, 0.25) is 0 Å². The molecule has 0 saturated carbocycles. The molecule has 4 nitrogen and oxygen atoms in total. The zero-order chi connectivity index (χ0) is 41.5. The Morgan fingerprint density at radius 3 is 0.900 bits per heavy atom. The number of hydrogen-bond acceptors (Lipinski definition) is 4. The van der Waals surface area contributed by atoms with Crippen molar-refractivity contribution in [3.05, 3.63) is 188 Å². The van der Waals surface area contributed by atoms with E-state index in [1.54, 1.807) is 0 Å². The summed E-state index contributed by atoms with van der Waals surface area (Å²) in [6.07, 6.45) is 15.2. The largest absolute Gasteiger partial charge is 0.493 e. The smallest absolute Gasteiger partial charge is 0.126 e. The van der Waals surface area contributed by atoms with Crippen molar-refractivity contribution < 1.29 is 18.9 Å². The van der Waals surface area contributed by atoms with Gasteiger partial charge < -0.3 is 18.9 Å². The number of benzene rings is 6. The molecule has 0 aliphatic heterocycles. The normalized spacial score (nSPS) is 12.5. The number of ether oxygens (including phenoxy) is 4. The van der Waals surface area contributed by atoms with E-state index in [2.05, 4.69) is 173 Å². The summed E-state index contributed by atoms with van der Waals surface area (Å²) in [4.78, 5) is 0. The van der Waals surface area contributed by atoms with E-state index >= 15 is 0 Å². The highest BCUT2D eigenvalue weighted by atomic mass is 16.5. The maximum Gasteiger partial charge on any atom is 0.126 e. The Labute approximate surface area is 358 Å². The van der Waals surface area contributed by atoms with Gasteiger partial charge >= 0.3 is 0 Å². The summed E-state index contributed by atoms with van der Waals surface area (Å²) >= 11 is 0. The van der Waals surface area contributed by atoms with Crippen LogP contribution in [0.5, 0.6) is 23.0 Å². The Bertz CT molecular complexity index is 2210. The van der Waals surface area contributed by atoms with Gasteiger partial charge in [0.15, 0.2) is 0 Å². The Hall–Kier alpha value is -6.00. The fraction of sp³-hybridized carbons (Fsp3) is 0.286. The van der Waals surface area contributed by atoms with Gasteiger partial charge in [-0.25, -0.2) is 0 Å². The van der Waals surface area contributed by atoms with Gasteiger partial charge in [0.25, 0.3) is 0 Å². The number of rotatable bonds is 16. The molecule has 1 aliphatic carbocycles. The Morgan fingerprint density at radius 2 is 0.583 bits per heavy atom. The fourth-order valence-electron chi connectivity index (χ4n) is 8.01. The van der Waals surface area contributed by atoms with E-state index in [0.29, 0.717) is 52.1 Å². The monoisotopic (exact) mass is 796 g/mol. The van der Waals surface area contributed by atoms with Crippen LogP contribution in [0, 0.1) is 0 Å². The van der Waals surface area contributed by atoms with Crippen molar-refractivity contribution in [2.24, 2.45) is 0 Å². The summed E-state index contributed by atoms with van der Waals surface area (Å²) in [6, 6.07) is 43.6. The average Bonchev–Trinajstić information content (AvgIpc) is 3.27. The molecule has 4 heteroatoms. The molecule has 0 heterocycles. The van der Waals surface area contributed by atoms with Crippen molar-refractivity contribution in [3.8, 4) is 23.0 Å². The number of para-hydroxylation sites is 2. The van der Waals surface area contributed by atoms with Crippen LogP contribution in [-0.4, -0.2) is 26.4 Å². The van der Waals surface area contributed by atoms with Crippen LogP contribution >= 0.6 is 0 Å². The van der Waals surface area contributed by atoms with Gasteiger partial charge in [0.1, 0.15) is 23.0 Å². The first-order valence-corrected chi connectivity index (χ1v) is 22.1. The lowest BCUT2D eigenvalue weighted by atomic mass is 9.89. The van der Waals surface area contributed by atoms with Crippen molar-refractivity contribution in [2.75, 3.05) is 26.4 Å². The third-order valence-corrected chi connectivity index (χ3v) is 10.7. The molecular weight excluding hydrogens is 737 g/mol. The maximum absolute atomic E-state index is 6.85. The lowest BCUT2D eigenvalue weighted by Crippen LogP contribution is -2.10. The standard InChI is InChI=1S/C56H60O4/c1-5-29-57-53-45-21-15-23-47(53)38-49-33-43(27-25-41-17-11-9-12-18-41)35-51(55(49)59-31-7-3)40-52-36-44(28-26-42-19-13-10-14-20-42)34-50(56(52)60-32-8-4)39-48-24-16-22-46(37-45)54(48)58-30-6-2/h9-28,33-36H,5-8,29-32,37-40H2,1-4H3/b27-25+,28-26+. The minimum Gasteiger partial charge on any atom is -0.493 e. The van der Waals surface area contributed by atoms with Gasteiger partial charge in [-0.15, -0.1) is 0 Å². The molecule has 7 rings (SSSR count). The Balaban J connectivity index is 1.50. The molecule has 8 bridgehead atoms. The molecular formula is C56H60O4. The molecule has 0 amide bonds. The molecule has 308 valence electrons. The molecule has 0 saturated heterocycles. The SMILES string of the molecule is CCCOc1c2cccc1Cc1cc(/C=C/c3ccccc3)cc(c1OCCC)Cc1cc(/C=C/c3ccccc3)cc(c1OCCC)Cc1cccc(c1OCCC)C2. The number of fused-ring (bicyclic) bond motifs is 8. The van der Waals surface area contributed by atoms with Crippen LogP contribution in [0.15, 0.2) is 121 Å². The average molecular weight is 797 g/mol. The highest BCUT2D eigenvalue weighted by Crippen LogP contribution is 2.40. The molecule has 0 N–H and O–H groups in total. The van der Waals surface area contributed by atoms with E-state index < -0.39 is 0 Å². The van der Waals surface area contributed by atoms with Gasteiger partial charge in [0.05, 0.1) is 26.4 Å². The second-order valence-electron chi connectivity index (χ2n) is 15.7. The van der Waals surface area contributed by atoms with Crippen LogP contribution in [0.1, 0.15) is 120 Å². The van der Waals surface area contributed by atoms with Crippen LogP contribution in [0.4, 0.5) is 0 Å². The first-order valence-electron chi connectivity index (χ1n) is 22.1. The van der Waals surface area contributed by atoms with E-state index in [0.717, 1.165) is 115 Å². The molecule has 0 fully saturated rings. The third kappa shape index (κ3) is 10.8. The zero-order valence-corrected chi connectivity index (χ0v) is 36.0. The van der Waals surface area contributed by atoms with E-state index in [1.807, 2.05) is 0 Å². The molecule has 0 radical (unpaired) electrons. The van der Waals surface area contributed by atoms with Crippen molar-refractivity contribution in [1.29, 1.82) is 0 Å². The predicted molar refractivity (Wildman–Crippen MR) is 251 cm³/mol. The van der Waals surface area contributed by atoms with Crippen LogP contribution in [-0.2, 0) is 25.7 Å². The summed E-state index contributed by atoms with van der Waals surface area (Å²) in [5.41, 5.74) is 13.8. The highest BCUT2D eigenvalue weighted by Gasteiger charge is 2.23. The fourth-order valence-corrected chi connectivity index (χ4v) is 8.01. The van der Waals surface area contributed by atoms with E-state index in [4.69, 9.17) is 18.9 Å². The topological polar surface area (TPSA) is 36.9 Å². The van der Waals surface area contributed by atoms with Crippen LogP contribution in [0.3, 0.4) is 0 Å². The molecule has 6 aromatic rings. The van der Waals surface area contributed by atoms with Crippen LogP contribution < -0.4 is 18.9 Å². The molecule has 1 aliphatic rings. The van der Waals surface area contributed by atoms with Crippen molar-refractivity contribution >= 4 is 24.3 Å². The quantitative estimate of drug-likeness (QED) is 0.0913. The summed E-state index contributed by atoms with van der Waals surface area (Å²) in [5, 5.41) is 0. The molecule has 60 heavy (non-hydrogen) atoms. The lowest BCUT2D eigenvalue weighted by Gasteiger charge is -2.23. The van der Waals surface area contributed by atoms with Crippen molar-refractivity contribution in [2.45, 2.75) is 79.1 Å². The van der Waals surface area contributed by atoms with Gasteiger partial charge in [-0.05, 0) is 117 Å². The van der Waals surface area contributed by atoms with Gasteiger partial charge in [0, 0.05) is 25.7 Å². The highest BCUT2D eigenvalue weighted by molar-refractivity contribution is 5.73. The second-order valence-corrected chi connectivity index (χ2v) is 15.7. The third-order valence-electron chi connectivity index (χ3n) is 10.7. The molecule has 6 aromatic carbocycles. The van der Waals surface area contributed by atoms with E-state index in [9.17, 15) is 0 Å². The summed E-state index contributed by atoms with van der Waals surface area (Å²) in [7, 11) is 0. The van der Waals surface area contributed by atoms with Crippen molar-refractivity contribution in [1.82, 2.24) is 0 Å². The maximum atomic E-state index is 6.85. The number of hydrogen-bond donors (Lipinski definition) is 0. The van der Waals surface area contributed by atoms with Gasteiger partial charge in [-0.2, -0.15) is 0 Å². The molecule has 0 spiro atoms. The molecule has 0 atom stereocenters. The Kier molecular flexibility index (Phi) is 15.0. The van der Waals surface area contributed by atoms with E-state index in [1.165, 1.54) is 0 Å². The molecule has 0 aromatic heterocycles. The van der Waals surface area contributed by atoms with Gasteiger partial charge in [-0.3, -0.25) is 0 Å². The summed E-state index contributed by atoms with van der Waals surface area (Å²) in [5.74, 6) is 3.81. The zero-order valence-electron chi connectivity index (χ0n) is 36.0. The predicted octanol–water partition coefficient (Wildman–Crippen LogP) is 13.9. The lowest BCUT2D eigenvalue weighted by molar-refractivity contribution is 0.304. The first-order chi connectivity index (χ1) is 29.6. The summed E-state index contributed by atoms with van der Waals surface area (Å²) < 4.78 is 27.1. The first kappa shape index (κ1) is 42.1. The van der Waals surface area contributed by atoms with E-state index in [-0.39, 0.29) is 0 Å². The molecule has 0 unspecified atom stereocenters. The Morgan fingerprint density at radius 1 is 0.317 bits per heavy atom. The minimum atomic E-state index is 0.623. The minimum absolute atomic E-state index is 0.623. The second kappa shape index (κ2) is 21.3. The van der Waals surface area contributed by atoms with Crippen LogP contribution in [0.25, 0.3) is 24.3 Å². The summed E-state index contributed by atoms with van der Waals surface area (Å²) in [6.45, 7) is 11.2. The van der Waals surface area contributed by atoms with Gasteiger partial charge in [0.2, 0.25) is 0 Å². The van der Waals surface area contributed by atoms with Gasteiger partial charge in [-0.1, -0.05) is 149 Å².